The lowest BCUT2D eigenvalue weighted by Gasteiger charge is -2.32. The van der Waals surface area contributed by atoms with Crippen molar-refractivity contribution >= 4 is 21.9 Å². The van der Waals surface area contributed by atoms with Crippen LogP contribution >= 0.6 is 0 Å². The van der Waals surface area contributed by atoms with E-state index in [2.05, 4.69) is 49.2 Å². The number of nitrogens with zero attached hydrogens (tertiary/aromatic N) is 2. The third kappa shape index (κ3) is 3.01. The van der Waals surface area contributed by atoms with E-state index in [1.807, 2.05) is 42.5 Å². The summed E-state index contributed by atoms with van der Waals surface area (Å²) in [6, 6.07) is 24.4. The van der Waals surface area contributed by atoms with Gasteiger partial charge in [0.05, 0.1) is 23.9 Å². The molecule has 1 aliphatic rings. The summed E-state index contributed by atoms with van der Waals surface area (Å²) >= 11 is 0. The zero-order valence-electron chi connectivity index (χ0n) is 18.6. The number of nitriles is 1. The molecule has 0 saturated heterocycles. The molecule has 33 heavy (non-hydrogen) atoms. The second-order valence-corrected chi connectivity index (χ2v) is 9.17. The summed E-state index contributed by atoms with van der Waals surface area (Å²) in [6.07, 6.45) is 2.77. The minimum atomic E-state index is 0.0626. The molecule has 0 bridgehead atoms. The van der Waals surface area contributed by atoms with Gasteiger partial charge in [-0.25, -0.2) is 0 Å². The first-order chi connectivity index (χ1) is 16.1. The van der Waals surface area contributed by atoms with Gasteiger partial charge in [0.1, 0.15) is 16.9 Å². The highest BCUT2D eigenvalue weighted by atomic mass is 16.5. The van der Waals surface area contributed by atoms with Crippen LogP contribution in [-0.2, 0) is 5.41 Å². The molecule has 0 N–H and O–H groups in total. The van der Waals surface area contributed by atoms with E-state index in [1.54, 1.807) is 6.20 Å². The molecule has 1 aliphatic heterocycles. The summed E-state index contributed by atoms with van der Waals surface area (Å²) in [5.74, 6) is 0.884. The van der Waals surface area contributed by atoms with Gasteiger partial charge in [-0.15, -0.1) is 0 Å². The standard InChI is InChI=1S/C29H22N2O2/c1-29(2)13-15-32-25-16-18(10-12-23(25)29)26-19(17-30)9-11-21-20-6-5-7-22(27(20)33-28(21)26)24-8-3-4-14-31-24/h3-12,14,16H,13,15H2,1-2H3. The van der Waals surface area contributed by atoms with Crippen LogP contribution in [0.4, 0.5) is 0 Å². The summed E-state index contributed by atoms with van der Waals surface area (Å²) in [7, 11) is 0. The zero-order valence-corrected chi connectivity index (χ0v) is 18.6. The maximum absolute atomic E-state index is 9.94. The first-order valence-corrected chi connectivity index (χ1v) is 11.1. The maximum Gasteiger partial charge on any atom is 0.144 e. The van der Waals surface area contributed by atoms with E-state index in [1.165, 1.54) is 5.56 Å². The molecule has 2 aromatic heterocycles. The fourth-order valence-corrected chi connectivity index (χ4v) is 4.87. The van der Waals surface area contributed by atoms with Crippen molar-refractivity contribution < 1.29 is 9.15 Å². The molecule has 5 aromatic rings. The second kappa shape index (κ2) is 7.21. The van der Waals surface area contributed by atoms with Crippen molar-refractivity contribution in [2.45, 2.75) is 25.7 Å². The Kier molecular flexibility index (Phi) is 4.28. The molecule has 0 fully saturated rings. The molecule has 0 atom stereocenters. The second-order valence-electron chi connectivity index (χ2n) is 9.17. The van der Waals surface area contributed by atoms with E-state index < -0.39 is 0 Å². The molecule has 160 valence electrons. The van der Waals surface area contributed by atoms with Crippen LogP contribution in [0.25, 0.3) is 44.3 Å². The molecule has 0 aliphatic carbocycles. The Balaban J connectivity index is 1.64. The van der Waals surface area contributed by atoms with Crippen LogP contribution in [0.5, 0.6) is 5.75 Å². The first kappa shape index (κ1) is 19.6. The van der Waals surface area contributed by atoms with Gasteiger partial charge < -0.3 is 9.15 Å². The van der Waals surface area contributed by atoms with E-state index in [0.29, 0.717) is 17.8 Å². The number of fused-ring (bicyclic) bond motifs is 4. The molecule has 0 spiro atoms. The van der Waals surface area contributed by atoms with E-state index in [-0.39, 0.29) is 5.41 Å². The topological polar surface area (TPSA) is 59.0 Å². The van der Waals surface area contributed by atoms with Crippen LogP contribution in [0.2, 0.25) is 0 Å². The molecular weight excluding hydrogens is 408 g/mol. The van der Waals surface area contributed by atoms with Crippen LogP contribution in [0, 0.1) is 11.3 Å². The summed E-state index contributed by atoms with van der Waals surface area (Å²) in [6.45, 7) is 5.18. The molecule has 3 heterocycles. The van der Waals surface area contributed by atoms with Gasteiger partial charge in [0.25, 0.3) is 0 Å². The van der Waals surface area contributed by atoms with Crippen molar-refractivity contribution in [2.24, 2.45) is 0 Å². The van der Waals surface area contributed by atoms with Gasteiger partial charge in [0.15, 0.2) is 0 Å². The smallest absolute Gasteiger partial charge is 0.144 e. The van der Waals surface area contributed by atoms with E-state index in [9.17, 15) is 5.26 Å². The van der Waals surface area contributed by atoms with Crippen LogP contribution in [0.3, 0.4) is 0 Å². The number of ether oxygens (including phenoxy) is 1. The predicted octanol–water partition coefficient (Wildman–Crippen LogP) is 7.25. The summed E-state index contributed by atoms with van der Waals surface area (Å²) < 4.78 is 12.5. The Bertz CT molecular complexity index is 1570. The Morgan fingerprint density at radius 1 is 0.939 bits per heavy atom. The van der Waals surface area contributed by atoms with Crippen molar-refractivity contribution in [3.05, 3.63) is 84.1 Å². The number of furan rings is 1. The van der Waals surface area contributed by atoms with Crippen LogP contribution in [0.1, 0.15) is 31.4 Å². The zero-order chi connectivity index (χ0) is 22.6. The van der Waals surface area contributed by atoms with E-state index >= 15 is 0 Å². The van der Waals surface area contributed by atoms with Crippen molar-refractivity contribution in [2.75, 3.05) is 6.61 Å². The van der Waals surface area contributed by atoms with Gasteiger partial charge in [-0.2, -0.15) is 5.26 Å². The van der Waals surface area contributed by atoms with Gasteiger partial charge in [-0.05, 0) is 59.4 Å². The first-order valence-electron chi connectivity index (χ1n) is 11.1. The summed E-state index contributed by atoms with van der Waals surface area (Å²) in [4.78, 5) is 4.52. The van der Waals surface area contributed by atoms with Crippen molar-refractivity contribution in [1.29, 1.82) is 5.26 Å². The van der Waals surface area contributed by atoms with Gasteiger partial charge in [0.2, 0.25) is 0 Å². The Hall–Kier alpha value is -4.10. The van der Waals surface area contributed by atoms with Gasteiger partial charge in [0, 0.05) is 28.1 Å². The molecule has 6 rings (SSSR count). The van der Waals surface area contributed by atoms with Gasteiger partial charge in [-0.3, -0.25) is 4.98 Å². The number of hydrogen-bond donors (Lipinski definition) is 0. The third-order valence-electron chi connectivity index (χ3n) is 6.71. The minimum Gasteiger partial charge on any atom is -0.493 e. The molecule has 0 radical (unpaired) electrons. The maximum atomic E-state index is 9.94. The quantitative estimate of drug-likeness (QED) is 0.296. The monoisotopic (exact) mass is 430 g/mol. The molecule has 0 unspecified atom stereocenters. The Morgan fingerprint density at radius 3 is 2.64 bits per heavy atom. The largest absolute Gasteiger partial charge is 0.493 e. The number of rotatable bonds is 2. The SMILES string of the molecule is CC1(C)CCOc2cc(-c3c(C#N)ccc4c3oc3c(-c5ccccn5)cccc34)ccc21. The van der Waals surface area contributed by atoms with Crippen molar-refractivity contribution in [3.8, 4) is 34.2 Å². The number of para-hydroxylation sites is 1. The van der Waals surface area contributed by atoms with Gasteiger partial charge >= 0.3 is 0 Å². The highest BCUT2D eigenvalue weighted by molar-refractivity contribution is 6.13. The average molecular weight is 431 g/mol. The lowest BCUT2D eigenvalue weighted by Crippen LogP contribution is -2.26. The lowest BCUT2D eigenvalue weighted by molar-refractivity contribution is 0.234. The van der Waals surface area contributed by atoms with Crippen molar-refractivity contribution in [1.82, 2.24) is 4.98 Å². The molecule has 3 aromatic carbocycles. The molecular formula is C29H22N2O2. The van der Waals surface area contributed by atoms with E-state index in [0.717, 1.165) is 50.9 Å². The summed E-state index contributed by atoms with van der Waals surface area (Å²) in [5, 5.41) is 11.9. The molecule has 0 saturated carbocycles. The Morgan fingerprint density at radius 2 is 1.82 bits per heavy atom. The highest BCUT2D eigenvalue weighted by Gasteiger charge is 2.29. The summed E-state index contributed by atoms with van der Waals surface area (Å²) in [5.41, 5.74) is 6.84. The van der Waals surface area contributed by atoms with E-state index in [4.69, 9.17) is 9.15 Å². The number of aromatic nitrogens is 1. The fourth-order valence-electron chi connectivity index (χ4n) is 4.87. The van der Waals surface area contributed by atoms with Crippen LogP contribution < -0.4 is 4.74 Å². The molecule has 0 amide bonds. The predicted molar refractivity (Wildman–Crippen MR) is 130 cm³/mol. The minimum absolute atomic E-state index is 0.0626. The van der Waals surface area contributed by atoms with Gasteiger partial charge in [-0.1, -0.05) is 44.2 Å². The normalized spacial score (nSPS) is 14.6. The fraction of sp³-hybridized carbons (Fsp3) is 0.172. The Labute approximate surface area is 192 Å². The average Bonchev–Trinajstić information content (AvgIpc) is 3.22. The molecule has 4 heteroatoms. The number of hydrogen-bond acceptors (Lipinski definition) is 4. The lowest BCUT2D eigenvalue weighted by atomic mass is 9.79. The number of pyridine rings is 1. The molecule has 4 nitrogen and oxygen atoms in total. The van der Waals surface area contributed by atoms with Crippen molar-refractivity contribution in [3.63, 3.8) is 0 Å². The van der Waals surface area contributed by atoms with Crippen LogP contribution in [0.15, 0.2) is 77.3 Å². The third-order valence-corrected chi connectivity index (χ3v) is 6.71. The highest BCUT2D eigenvalue weighted by Crippen LogP contribution is 2.44. The van der Waals surface area contributed by atoms with Crippen LogP contribution in [-0.4, -0.2) is 11.6 Å². The number of benzene rings is 3.